The molecule has 0 bridgehead atoms. The number of benzene rings is 3. The van der Waals surface area contributed by atoms with E-state index in [9.17, 15) is 9.59 Å². The van der Waals surface area contributed by atoms with Crippen molar-refractivity contribution in [3.8, 4) is 5.75 Å². The Labute approximate surface area is 213 Å². The molecule has 0 spiro atoms. The first kappa shape index (κ1) is 25.5. The van der Waals surface area contributed by atoms with E-state index in [2.05, 4.69) is 71.1 Å². The fourth-order valence-electron chi connectivity index (χ4n) is 5.18. The highest BCUT2D eigenvalue weighted by Gasteiger charge is 2.45. The zero-order valence-electron chi connectivity index (χ0n) is 22.4. The van der Waals surface area contributed by atoms with Crippen molar-refractivity contribution in [3.63, 3.8) is 0 Å². The fourth-order valence-corrected chi connectivity index (χ4v) is 5.18. The average molecular weight is 486 g/mol. The summed E-state index contributed by atoms with van der Waals surface area (Å²) in [5, 5.41) is 3.14. The van der Waals surface area contributed by atoms with Gasteiger partial charge in [-0.25, -0.2) is 4.79 Å². The van der Waals surface area contributed by atoms with E-state index in [-0.39, 0.29) is 11.8 Å². The minimum absolute atomic E-state index is 0.0306. The van der Waals surface area contributed by atoms with Crippen molar-refractivity contribution in [2.75, 3.05) is 12.4 Å². The number of esters is 1. The van der Waals surface area contributed by atoms with Crippen LogP contribution >= 0.6 is 0 Å². The molecule has 4 rings (SSSR count). The highest BCUT2D eigenvalue weighted by molar-refractivity contribution is 6.06. The van der Waals surface area contributed by atoms with Gasteiger partial charge in [-0.3, -0.25) is 4.79 Å². The van der Waals surface area contributed by atoms with Gasteiger partial charge in [-0.1, -0.05) is 38.1 Å². The molecule has 0 aromatic heterocycles. The Morgan fingerprint density at radius 3 is 2.03 bits per heavy atom. The van der Waals surface area contributed by atoms with Crippen LogP contribution in [-0.2, 0) is 4.74 Å². The molecule has 1 aliphatic rings. The Morgan fingerprint density at radius 2 is 1.47 bits per heavy atom. The second-order valence-corrected chi connectivity index (χ2v) is 10.5. The smallest absolute Gasteiger partial charge is 0.337 e. The normalized spacial score (nSPS) is 15.9. The predicted molar refractivity (Wildman–Crippen MR) is 143 cm³/mol. The maximum atomic E-state index is 13.2. The van der Waals surface area contributed by atoms with E-state index >= 15 is 0 Å². The molecule has 3 aromatic carbocycles. The largest absolute Gasteiger partial charge is 0.486 e. The standard InChI is InChI=1S/C31H35NO4/c1-17(2)21-9-11-22(12-10-21)26-25-20(5)27(18(3)19(4)28(25)36-31(26,6)7)32-29(33)23-13-15-24(16-14-23)30(34)35-8/h9-17,26H,1-8H3,(H,32,33). The van der Waals surface area contributed by atoms with E-state index in [1.807, 2.05) is 6.92 Å². The number of carbonyl (C=O) groups excluding carboxylic acids is 2. The molecule has 3 aromatic rings. The van der Waals surface area contributed by atoms with Gasteiger partial charge in [-0.15, -0.1) is 0 Å². The first-order chi connectivity index (χ1) is 17.0. The monoisotopic (exact) mass is 485 g/mol. The minimum Gasteiger partial charge on any atom is -0.486 e. The SMILES string of the molecule is COC(=O)c1ccc(C(=O)Nc2c(C)c(C)c3c(c2C)C(c2ccc(C(C)C)cc2)C(C)(C)O3)cc1. The highest BCUT2D eigenvalue weighted by atomic mass is 16.5. The number of amides is 1. The average Bonchev–Trinajstić information content (AvgIpc) is 3.16. The fraction of sp³-hybridized carbons (Fsp3) is 0.355. The Bertz CT molecular complexity index is 1320. The van der Waals surface area contributed by atoms with Gasteiger partial charge in [0.15, 0.2) is 0 Å². The van der Waals surface area contributed by atoms with Gasteiger partial charge in [0.25, 0.3) is 5.91 Å². The third kappa shape index (κ3) is 4.39. The molecule has 0 aliphatic carbocycles. The van der Waals surface area contributed by atoms with Gasteiger partial charge in [0.1, 0.15) is 11.4 Å². The Hall–Kier alpha value is -3.60. The third-order valence-corrected chi connectivity index (χ3v) is 7.39. The van der Waals surface area contributed by atoms with Crippen LogP contribution in [0.1, 0.15) is 93.6 Å². The predicted octanol–water partition coefficient (Wildman–Crippen LogP) is 7.08. The minimum atomic E-state index is -0.435. The van der Waals surface area contributed by atoms with Crippen molar-refractivity contribution < 1.29 is 19.1 Å². The number of rotatable bonds is 5. The molecule has 1 atom stereocenters. The summed E-state index contributed by atoms with van der Waals surface area (Å²) in [6.07, 6.45) is 0. The Morgan fingerprint density at radius 1 is 0.889 bits per heavy atom. The summed E-state index contributed by atoms with van der Waals surface area (Å²) in [6.45, 7) is 14.8. The van der Waals surface area contributed by atoms with Crippen LogP contribution in [0.4, 0.5) is 5.69 Å². The van der Waals surface area contributed by atoms with Gasteiger partial charge in [0.05, 0.1) is 18.6 Å². The molecule has 188 valence electrons. The van der Waals surface area contributed by atoms with Crippen molar-refractivity contribution >= 4 is 17.6 Å². The Kier molecular flexibility index (Phi) is 6.70. The number of hydrogen-bond donors (Lipinski definition) is 1. The zero-order valence-corrected chi connectivity index (χ0v) is 22.4. The van der Waals surface area contributed by atoms with Crippen LogP contribution < -0.4 is 10.1 Å². The van der Waals surface area contributed by atoms with E-state index in [0.717, 1.165) is 33.7 Å². The molecular formula is C31H35NO4. The number of hydrogen-bond acceptors (Lipinski definition) is 4. The molecule has 1 heterocycles. The lowest BCUT2D eigenvalue weighted by Crippen LogP contribution is -2.31. The van der Waals surface area contributed by atoms with Crippen LogP contribution in [0, 0.1) is 20.8 Å². The van der Waals surface area contributed by atoms with Gasteiger partial charge < -0.3 is 14.8 Å². The second-order valence-electron chi connectivity index (χ2n) is 10.5. The lowest BCUT2D eigenvalue weighted by molar-refractivity contribution is 0.0600. The van der Waals surface area contributed by atoms with Crippen molar-refractivity contribution in [2.24, 2.45) is 0 Å². The zero-order chi connectivity index (χ0) is 26.4. The van der Waals surface area contributed by atoms with E-state index in [1.54, 1.807) is 24.3 Å². The van der Waals surface area contributed by atoms with Gasteiger partial charge in [-0.2, -0.15) is 0 Å². The van der Waals surface area contributed by atoms with Crippen molar-refractivity contribution in [3.05, 3.63) is 93.0 Å². The molecular weight excluding hydrogens is 450 g/mol. The summed E-state index contributed by atoms with van der Waals surface area (Å²) in [5.41, 5.74) is 7.89. The molecule has 1 aliphatic heterocycles. The van der Waals surface area contributed by atoms with Crippen LogP contribution in [0.2, 0.25) is 0 Å². The van der Waals surface area contributed by atoms with E-state index in [1.165, 1.54) is 18.2 Å². The highest BCUT2D eigenvalue weighted by Crippen LogP contribution is 2.53. The van der Waals surface area contributed by atoms with Gasteiger partial charge in [0.2, 0.25) is 0 Å². The summed E-state index contributed by atoms with van der Waals surface area (Å²) in [5.74, 6) is 0.747. The van der Waals surface area contributed by atoms with E-state index in [0.29, 0.717) is 17.0 Å². The number of fused-ring (bicyclic) bond motifs is 1. The van der Waals surface area contributed by atoms with Crippen LogP contribution in [0.15, 0.2) is 48.5 Å². The number of methoxy groups -OCH3 is 1. The Balaban J connectivity index is 1.75. The summed E-state index contributed by atoms with van der Waals surface area (Å²) < 4.78 is 11.3. The summed E-state index contributed by atoms with van der Waals surface area (Å²) in [7, 11) is 1.33. The first-order valence-electron chi connectivity index (χ1n) is 12.4. The van der Waals surface area contributed by atoms with Crippen LogP contribution in [0.25, 0.3) is 0 Å². The topological polar surface area (TPSA) is 64.6 Å². The number of nitrogens with one attached hydrogen (secondary N) is 1. The maximum absolute atomic E-state index is 13.2. The molecule has 1 amide bonds. The van der Waals surface area contributed by atoms with Crippen LogP contribution in [0.5, 0.6) is 5.75 Å². The van der Waals surface area contributed by atoms with E-state index < -0.39 is 11.6 Å². The summed E-state index contributed by atoms with van der Waals surface area (Å²) in [6, 6.07) is 15.3. The molecule has 5 nitrogen and oxygen atoms in total. The molecule has 0 fully saturated rings. The quantitative estimate of drug-likeness (QED) is 0.392. The molecule has 0 saturated heterocycles. The van der Waals surface area contributed by atoms with Crippen LogP contribution in [-0.4, -0.2) is 24.6 Å². The molecule has 5 heteroatoms. The molecule has 1 unspecified atom stereocenters. The number of ether oxygens (including phenoxy) is 2. The van der Waals surface area contributed by atoms with Gasteiger partial charge >= 0.3 is 5.97 Å². The van der Waals surface area contributed by atoms with Crippen molar-refractivity contribution in [1.29, 1.82) is 0 Å². The van der Waals surface area contributed by atoms with Gasteiger partial charge in [0, 0.05) is 16.8 Å². The second kappa shape index (κ2) is 9.45. The summed E-state index contributed by atoms with van der Waals surface area (Å²) in [4.78, 5) is 24.9. The number of anilines is 1. The number of carbonyl (C=O) groups is 2. The summed E-state index contributed by atoms with van der Waals surface area (Å²) >= 11 is 0. The molecule has 36 heavy (non-hydrogen) atoms. The molecule has 1 N–H and O–H groups in total. The first-order valence-corrected chi connectivity index (χ1v) is 12.4. The van der Waals surface area contributed by atoms with Crippen molar-refractivity contribution in [1.82, 2.24) is 0 Å². The van der Waals surface area contributed by atoms with Crippen LogP contribution in [0.3, 0.4) is 0 Å². The van der Waals surface area contributed by atoms with E-state index in [4.69, 9.17) is 9.47 Å². The lowest BCUT2D eigenvalue weighted by Gasteiger charge is -2.27. The van der Waals surface area contributed by atoms with Crippen molar-refractivity contribution in [2.45, 2.75) is 65.9 Å². The lowest BCUT2D eigenvalue weighted by atomic mass is 9.78. The van der Waals surface area contributed by atoms with Gasteiger partial charge in [-0.05, 0) is 92.6 Å². The maximum Gasteiger partial charge on any atom is 0.337 e. The molecule has 0 radical (unpaired) electrons. The molecule has 0 saturated carbocycles. The third-order valence-electron chi connectivity index (χ3n) is 7.39.